The minimum Gasteiger partial charge on any atom is -0.481 e. The predicted octanol–water partition coefficient (Wildman–Crippen LogP) is 3.52. The van der Waals surface area contributed by atoms with Gasteiger partial charge >= 0.3 is 5.97 Å². The van der Waals surface area contributed by atoms with Crippen molar-refractivity contribution in [1.29, 1.82) is 0 Å². The molecule has 2 atom stereocenters. The van der Waals surface area contributed by atoms with Crippen LogP contribution in [0.4, 0.5) is 6.01 Å². The minimum absolute atomic E-state index is 0.198. The van der Waals surface area contributed by atoms with E-state index in [-0.39, 0.29) is 12.0 Å². The number of aliphatic carboxylic acids is 1. The fourth-order valence-electron chi connectivity index (χ4n) is 2.07. The Morgan fingerprint density at radius 3 is 2.80 bits per heavy atom. The zero-order valence-corrected chi connectivity index (χ0v) is 11.8. The van der Waals surface area contributed by atoms with Crippen LogP contribution in [0.5, 0.6) is 0 Å². The summed E-state index contributed by atoms with van der Waals surface area (Å²) in [5.74, 6) is -1.02. The number of oxazole rings is 1. The smallest absolute Gasteiger partial charge is 0.306 e. The lowest BCUT2D eigenvalue weighted by atomic mass is 10.0. The molecule has 0 saturated carbocycles. The van der Waals surface area contributed by atoms with E-state index in [2.05, 4.69) is 10.3 Å². The molecular formula is C15H20N2O3. The van der Waals surface area contributed by atoms with Gasteiger partial charge in [0.1, 0.15) is 5.52 Å². The van der Waals surface area contributed by atoms with Gasteiger partial charge in [-0.2, -0.15) is 4.98 Å². The number of aromatic nitrogens is 1. The lowest BCUT2D eigenvalue weighted by Gasteiger charge is -2.12. The molecule has 20 heavy (non-hydrogen) atoms. The summed E-state index contributed by atoms with van der Waals surface area (Å²) in [6, 6.07) is 8.34. The van der Waals surface area contributed by atoms with Crippen molar-refractivity contribution >= 4 is 23.1 Å². The van der Waals surface area contributed by atoms with Gasteiger partial charge in [-0.3, -0.25) is 4.79 Å². The Morgan fingerprint density at radius 2 is 2.10 bits per heavy atom. The number of fused-ring (bicyclic) bond motifs is 1. The van der Waals surface area contributed by atoms with Crippen molar-refractivity contribution in [3.05, 3.63) is 24.3 Å². The number of nitrogens with zero attached hydrogens (tertiary/aromatic N) is 1. The van der Waals surface area contributed by atoms with Gasteiger partial charge in [0.2, 0.25) is 0 Å². The molecule has 0 fully saturated rings. The van der Waals surface area contributed by atoms with Crippen LogP contribution in [0.15, 0.2) is 28.7 Å². The van der Waals surface area contributed by atoms with E-state index in [9.17, 15) is 4.79 Å². The fraction of sp³-hybridized carbons (Fsp3) is 0.467. The van der Waals surface area contributed by atoms with Gasteiger partial charge in [-0.25, -0.2) is 0 Å². The fourth-order valence-corrected chi connectivity index (χ4v) is 2.07. The number of carbonyl (C=O) groups is 1. The Kier molecular flexibility index (Phi) is 4.61. The normalized spacial score (nSPS) is 14.1. The zero-order valence-electron chi connectivity index (χ0n) is 11.8. The Hall–Kier alpha value is -2.04. The second-order valence-corrected chi connectivity index (χ2v) is 5.20. The molecule has 1 heterocycles. The van der Waals surface area contributed by atoms with Crippen molar-refractivity contribution in [3.63, 3.8) is 0 Å². The van der Waals surface area contributed by atoms with Crippen LogP contribution < -0.4 is 5.32 Å². The van der Waals surface area contributed by atoms with E-state index in [1.54, 1.807) is 6.92 Å². The van der Waals surface area contributed by atoms with Gasteiger partial charge in [0.15, 0.2) is 5.58 Å². The number of hydrogen-bond donors (Lipinski definition) is 2. The molecule has 0 amide bonds. The Labute approximate surface area is 118 Å². The number of carboxylic acid groups (broad SMARTS) is 1. The third-order valence-corrected chi connectivity index (χ3v) is 3.36. The van der Waals surface area contributed by atoms with Crippen molar-refractivity contribution in [2.75, 3.05) is 5.32 Å². The average molecular weight is 276 g/mol. The molecule has 0 aliphatic rings. The summed E-state index contributed by atoms with van der Waals surface area (Å²) >= 11 is 0. The zero-order chi connectivity index (χ0) is 14.5. The Morgan fingerprint density at radius 1 is 1.35 bits per heavy atom. The second kappa shape index (κ2) is 6.41. The van der Waals surface area contributed by atoms with Gasteiger partial charge in [-0.05, 0) is 31.9 Å². The summed E-state index contributed by atoms with van der Waals surface area (Å²) in [6.45, 7) is 3.78. The van der Waals surface area contributed by atoms with Crippen LogP contribution in [-0.4, -0.2) is 22.1 Å². The first kappa shape index (κ1) is 14.4. The first-order chi connectivity index (χ1) is 9.56. The van der Waals surface area contributed by atoms with Gasteiger partial charge in [-0.15, -0.1) is 0 Å². The number of hydrogen-bond acceptors (Lipinski definition) is 4. The summed E-state index contributed by atoms with van der Waals surface area (Å²) < 4.78 is 5.59. The molecular weight excluding hydrogens is 256 g/mol. The van der Waals surface area contributed by atoms with Crippen molar-refractivity contribution in [3.8, 4) is 0 Å². The number of benzene rings is 1. The third-order valence-electron chi connectivity index (χ3n) is 3.36. The number of carboxylic acids is 1. The molecule has 2 unspecified atom stereocenters. The van der Waals surface area contributed by atoms with Crippen LogP contribution in [0.25, 0.3) is 11.1 Å². The number of para-hydroxylation sites is 2. The molecule has 2 N–H and O–H groups in total. The van der Waals surface area contributed by atoms with E-state index in [1.807, 2.05) is 31.2 Å². The molecule has 0 aliphatic carbocycles. The highest BCUT2D eigenvalue weighted by atomic mass is 16.4. The van der Waals surface area contributed by atoms with Crippen molar-refractivity contribution in [2.24, 2.45) is 5.92 Å². The van der Waals surface area contributed by atoms with E-state index in [1.165, 1.54) is 0 Å². The number of rotatable bonds is 7. The summed E-state index contributed by atoms with van der Waals surface area (Å²) in [4.78, 5) is 15.1. The standard InChI is InChI=1S/C15H20N2O3/c1-10(14(18)19)6-5-7-11(2)16-15-17-12-8-3-4-9-13(12)20-15/h3-4,8-11H,5-7H2,1-2H3,(H,16,17)(H,18,19). The molecule has 0 bridgehead atoms. The Bertz CT molecular complexity index is 546. The summed E-state index contributed by atoms with van der Waals surface area (Å²) in [5, 5.41) is 12.0. The lowest BCUT2D eigenvalue weighted by molar-refractivity contribution is -0.141. The predicted molar refractivity (Wildman–Crippen MR) is 77.7 cm³/mol. The quantitative estimate of drug-likeness (QED) is 0.809. The monoisotopic (exact) mass is 276 g/mol. The largest absolute Gasteiger partial charge is 0.481 e. The van der Waals surface area contributed by atoms with Gasteiger partial charge in [0.05, 0.1) is 5.92 Å². The lowest BCUT2D eigenvalue weighted by Crippen LogP contribution is -2.16. The van der Waals surface area contributed by atoms with Crippen molar-refractivity contribution in [2.45, 2.75) is 39.2 Å². The first-order valence-electron chi connectivity index (χ1n) is 6.91. The number of nitrogens with one attached hydrogen (secondary N) is 1. The molecule has 0 aliphatic heterocycles. The van der Waals surface area contributed by atoms with Crippen molar-refractivity contribution in [1.82, 2.24) is 4.98 Å². The topological polar surface area (TPSA) is 75.4 Å². The van der Waals surface area contributed by atoms with E-state index in [4.69, 9.17) is 9.52 Å². The molecule has 2 aromatic rings. The highest BCUT2D eigenvalue weighted by Gasteiger charge is 2.12. The first-order valence-corrected chi connectivity index (χ1v) is 6.91. The van der Waals surface area contributed by atoms with Gasteiger partial charge < -0.3 is 14.8 Å². The maximum atomic E-state index is 10.7. The van der Waals surface area contributed by atoms with Crippen LogP contribution in [0.3, 0.4) is 0 Å². The molecule has 0 radical (unpaired) electrons. The molecule has 0 saturated heterocycles. The number of anilines is 1. The highest BCUT2D eigenvalue weighted by molar-refractivity contribution is 5.74. The maximum Gasteiger partial charge on any atom is 0.306 e. The van der Waals surface area contributed by atoms with Crippen LogP contribution in [0.1, 0.15) is 33.1 Å². The molecule has 0 spiro atoms. The minimum atomic E-state index is -0.732. The summed E-state index contributed by atoms with van der Waals surface area (Å²) in [7, 11) is 0. The molecule has 108 valence electrons. The average Bonchev–Trinajstić information content (AvgIpc) is 2.80. The van der Waals surface area contributed by atoms with Crippen molar-refractivity contribution < 1.29 is 14.3 Å². The molecule has 2 rings (SSSR count). The van der Waals surface area contributed by atoms with Gasteiger partial charge in [0.25, 0.3) is 6.01 Å². The second-order valence-electron chi connectivity index (χ2n) is 5.20. The van der Waals surface area contributed by atoms with Gasteiger partial charge in [0, 0.05) is 6.04 Å². The van der Waals surface area contributed by atoms with Crippen LogP contribution in [0.2, 0.25) is 0 Å². The van der Waals surface area contributed by atoms with E-state index in [0.717, 1.165) is 23.9 Å². The van der Waals surface area contributed by atoms with E-state index >= 15 is 0 Å². The van der Waals surface area contributed by atoms with Crippen LogP contribution in [-0.2, 0) is 4.79 Å². The summed E-state index contributed by atoms with van der Waals surface area (Å²) in [6.07, 6.45) is 2.44. The Balaban J connectivity index is 1.82. The van der Waals surface area contributed by atoms with Gasteiger partial charge in [-0.1, -0.05) is 25.5 Å². The van der Waals surface area contributed by atoms with E-state index < -0.39 is 5.97 Å². The summed E-state index contributed by atoms with van der Waals surface area (Å²) in [5.41, 5.74) is 1.60. The third kappa shape index (κ3) is 3.73. The van der Waals surface area contributed by atoms with Crippen LogP contribution >= 0.6 is 0 Å². The van der Waals surface area contributed by atoms with E-state index in [0.29, 0.717) is 12.4 Å². The molecule has 5 nitrogen and oxygen atoms in total. The SMILES string of the molecule is CC(CCCC(C)C(=O)O)Nc1nc2ccccc2o1. The molecule has 1 aromatic heterocycles. The molecule has 5 heteroatoms. The van der Waals surface area contributed by atoms with Crippen LogP contribution in [0, 0.1) is 5.92 Å². The highest BCUT2D eigenvalue weighted by Crippen LogP contribution is 2.19. The maximum absolute atomic E-state index is 10.7. The molecule has 1 aromatic carbocycles.